The molecule has 4 rings (SSSR count). The molecule has 1 saturated heterocycles. The third-order valence-electron chi connectivity index (χ3n) is 5.28. The lowest BCUT2D eigenvalue weighted by Crippen LogP contribution is -2.45. The molecule has 28 heavy (non-hydrogen) atoms. The predicted octanol–water partition coefficient (Wildman–Crippen LogP) is 3.55. The minimum Gasteiger partial charge on any atom is -0.490 e. The van der Waals surface area contributed by atoms with Crippen LogP contribution in [0.5, 0.6) is 5.75 Å². The van der Waals surface area contributed by atoms with E-state index in [0.29, 0.717) is 18.5 Å². The normalized spacial score (nSPS) is 15.8. The zero-order chi connectivity index (χ0) is 19.3. The van der Waals surface area contributed by atoms with Crippen molar-refractivity contribution in [1.82, 2.24) is 14.8 Å². The fourth-order valence-corrected chi connectivity index (χ4v) is 3.56. The maximum absolute atomic E-state index is 13.9. The lowest BCUT2D eigenvalue weighted by atomic mass is 10.2. The van der Waals surface area contributed by atoms with Crippen LogP contribution in [0.2, 0.25) is 0 Å². The molecule has 1 aromatic heterocycles. The average molecular weight is 382 g/mol. The van der Waals surface area contributed by atoms with Gasteiger partial charge in [0.1, 0.15) is 18.2 Å². The van der Waals surface area contributed by atoms with Gasteiger partial charge in [0.25, 0.3) is 0 Å². The van der Waals surface area contributed by atoms with Crippen molar-refractivity contribution < 1.29 is 9.13 Å². The van der Waals surface area contributed by atoms with Crippen LogP contribution in [0.4, 0.5) is 10.1 Å². The summed E-state index contributed by atoms with van der Waals surface area (Å²) in [5.74, 6) is 0.645. The predicted molar refractivity (Wildman–Crippen MR) is 111 cm³/mol. The monoisotopic (exact) mass is 382 g/mol. The Balaban J connectivity index is 1.34. The van der Waals surface area contributed by atoms with Gasteiger partial charge in [-0.3, -0.25) is 4.90 Å². The van der Waals surface area contributed by atoms with Crippen molar-refractivity contribution in [1.29, 1.82) is 0 Å². The van der Waals surface area contributed by atoms with Gasteiger partial charge in [0.2, 0.25) is 0 Å². The van der Waals surface area contributed by atoms with Gasteiger partial charge in [-0.1, -0.05) is 18.2 Å². The summed E-state index contributed by atoms with van der Waals surface area (Å²) in [4.78, 5) is 8.06. The molecule has 0 bridgehead atoms. The first-order chi connectivity index (χ1) is 13.7. The smallest absolute Gasteiger partial charge is 0.142 e. The molecular weight excluding hydrogens is 355 g/mol. The van der Waals surface area contributed by atoms with Crippen LogP contribution in [0, 0.1) is 5.82 Å². The number of H-pyrrole nitrogens is 1. The second kappa shape index (κ2) is 8.63. The second-order valence-electron chi connectivity index (χ2n) is 7.34. The highest BCUT2D eigenvalue weighted by atomic mass is 19.1. The Morgan fingerprint density at radius 1 is 1.07 bits per heavy atom. The van der Waals surface area contributed by atoms with E-state index in [1.54, 1.807) is 6.07 Å². The molecular formula is C22H27FN4O. The van der Waals surface area contributed by atoms with Crippen LogP contribution in [0.1, 0.15) is 5.69 Å². The van der Waals surface area contributed by atoms with Crippen LogP contribution in [0.15, 0.2) is 48.5 Å². The number of anilines is 1. The number of ether oxygens (including phenoxy) is 1. The van der Waals surface area contributed by atoms with Gasteiger partial charge in [-0.05, 0) is 37.4 Å². The second-order valence-corrected chi connectivity index (χ2v) is 7.34. The number of aromatic nitrogens is 1. The van der Waals surface area contributed by atoms with Crippen molar-refractivity contribution >= 4 is 16.6 Å². The van der Waals surface area contributed by atoms with E-state index < -0.39 is 0 Å². The molecule has 2 heterocycles. The highest BCUT2D eigenvalue weighted by Crippen LogP contribution is 2.25. The molecule has 0 atom stereocenters. The number of para-hydroxylation sites is 2. The summed E-state index contributed by atoms with van der Waals surface area (Å²) in [5.41, 5.74) is 2.70. The van der Waals surface area contributed by atoms with Gasteiger partial charge in [-0.25, -0.2) is 4.39 Å². The van der Waals surface area contributed by atoms with Crippen LogP contribution in [-0.2, 0) is 6.54 Å². The third kappa shape index (κ3) is 4.46. The number of nitrogens with one attached hydrogen (secondary N) is 2. The first-order valence-electron chi connectivity index (χ1n) is 9.82. The summed E-state index contributed by atoms with van der Waals surface area (Å²) in [5, 5.41) is 4.03. The summed E-state index contributed by atoms with van der Waals surface area (Å²) in [6, 6.07) is 14.9. The number of likely N-dealkylation sites (N-methyl/N-ethyl adjacent to an activating group) is 1. The summed E-state index contributed by atoms with van der Waals surface area (Å²) in [6.45, 7) is 6.59. The summed E-state index contributed by atoms with van der Waals surface area (Å²) in [7, 11) is 2.16. The Morgan fingerprint density at radius 3 is 2.71 bits per heavy atom. The van der Waals surface area contributed by atoms with Crippen molar-refractivity contribution in [2.45, 2.75) is 6.54 Å². The number of halogens is 1. The number of hydrogen-bond acceptors (Lipinski definition) is 4. The summed E-state index contributed by atoms with van der Waals surface area (Å²) < 4.78 is 19.9. The quantitative estimate of drug-likeness (QED) is 0.656. The van der Waals surface area contributed by atoms with E-state index in [2.05, 4.69) is 27.1 Å². The molecule has 1 aliphatic rings. The van der Waals surface area contributed by atoms with Crippen LogP contribution >= 0.6 is 0 Å². The highest BCUT2D eigenvalue weighted by molar-refractivity contribution is 5.81. The molecule has 0 spiro atoms. The molecule has 148 valence electrons. The minimum atomic E-state index is -0.201. The molecule has 3 aromatic rings. The van der Waals surface area contributed by atoms with Gasteiger partial charge in [0, 0.05) is 49.3 Å². The number of piperazine rings is 1. The Kier molecular flexibility index (Phi) is 5.78. The van der Waals surface area contributed by atoms with Crippen LogP contribution in [-0.4, -0.2) is 61.2 Å². The molecule has 2 N–H and O–H groups in total. The maximum atomic E-state index is 13.9. The van der Waals surface area contributed by atoms with Gasteiger partial charge >= 0.3 is 0 Å². The van der Waals surface area contributed by atoms with E-state index in [1.807, 2.05) is 36.4 Å². The highest BCUT2D eigenvalue weighted by Gasteiger charge is 2.13. The van der Waals surface area contributed by atoms with Crippen molar-refractivity contribution in [2.24, 2.45) is 0 Å². The molecule has 1 aliphatic heterocycles. The van der Waals surface area contributed by atoms with Crippen molar-refractivity contribution in [3.8, 4) is 5.75 Å². The van der Waals surface area contributed by atoms with Crippen molar-refractivity contribution in [3.05, 3.63) is 60.0 Å². The van der Waals surface area contributed by atoms with Gasteiger partial charge in [0.05, 0.1) is 12.2 Å². The molecule has 0 unspecified atom stereocenters. The van der Waals surface area contributed by atoms with Crippen LogP contribution in [0.3, 0.4) is 0 Å². The first kappa shape index (κ1) is 18.8. The fourth-order valence-electron chi connectivity index (χ4n) is 3.56. The topological polar surface area (TPSA) is 43.5 Å². The molecule has 0 radical (unpaired) electrons. The lowest BCUT2D eigenvalue weighted by Gasteiger charge is -2.32. The van der Waals surface area contributed by atoms with E-state index in [-0.39, 0.29) is 5.82 Å². The Hall–Kier alpha value is -2.57. The minimum absolute atomic E-state index is 0.201. The van der Waals surface area contributed by atoms with E-state index in [9.17, 15) is 4.39 Å². The van der Waals surface area contributed by atoms with Crippen LogP contribution < -0.4 is 10.1 Å². The Bertz CT molecular complexity index is 918. The first-order valence-corrected chi connectivity index (χ1v) is 9.82. The summed E-state index contributed by atoms with van der Waals surface area (Å²) >= 11 is 0. The average Bonchev–Trinajstić information content (AvgIpc) is 3.13. The maximum Gasteiger partial charge on any atom is 0.142 e. The van der Waals surface area contributed by atoms with E-state index in [4.69, 9.17) is 4.74 Å². The zero-order valence-corrected chi connectivity index (χ0v) is 16.2. The number of fused-ring (bicyclic) bond motifs is 1. The molecule has 1 fully saturated rings. The standard InChI is InChI=1S/C22H27FN4O/c1-26-9-11-27(12-10-26)13-14-28-22-8-3-2-6-21(22)24-16-17-15-18-19(23)5-4-7-20(18)25-17/h2-8,15,24-25H,9-14,16H2,1H3. The molecule has 2 aromatic carbocycles. The van der Waals surface area contributed by atoms with Crippen LogP contribution in [0.25, 0.3) is 10.9 Å². The van der Waals surface area contributed by atoms with E-state index in [0.717, 1.165) is 55.4 Å². The molecule has 0 saturated carbocycles. The Morgan fingerprint density at radius 2 is 1.89 bits per heavy atom. The largest absolute Gasteiger partial charge is 0.490 e. The third-order valence-corrected chi connectivity index (χ3v) is 5.28. The van der Waals surface area contributed by atoms with Gasteiger partial charge in [0.15, 0.2) is 0 Å². The molecule has 5 nitrogen and oxygen atoms in total. The van der Waals surface area contributed by atoms with Gasteiger partial charge in [-0.2, -0.15) is 0 Å². The summed E-state index contributed by atoms with van der Waals surface area (Å²) in [6.07, 6.45) is 0. The van der Waals surface area contributed by atoms with E-state index in [1.165, 1.54) is 6.07 Å². The van der Waals surface area contributed by atoms with Gasteiger partial charge in [-0.15, -0.1) is 0 Å². The van der Waals surface area contributed by atoms with Gasteiger partial charge < -0.3 is 19.9 Å². The number of aromatic amines is 1. The number of hydrogen-bond donors (Lipinski definition) is 2. The van der Waals surface area contributed by atoms with Crippen molar-refractivity contribution in [3.63, 3.8) is 0 Å². The number of benzene rings is 2. The zero-order valence-electron chi connectivity index (χ0n) is 16.2. The molecule has 0 amide bonds. The van der Waals surface area contributed by atoms with E-state index >= 15 is 0 Å². The molecule has 0 aliphatic carbocycles. The lowest BCUT2D eigenvalue weighted by molar-refractivity contribution is 0.134. The van der Waals surface area contributed by atoms with Crippen molar-refractivity contribution in [2.75, 3.05) is 51.7 Å². The number of nitrogens with zero attached hydrogens (tertiary/aromatic N) is 2. The molecule has 6 heteroatoms. The Labute approximate surface area is 165 Å². The fraction of sp³-hybridized carbons (Fsp3) is 0.364. The SMILES string of the molecule is CN1CCN(CCOc2ccccc2NCc2cc3c(F)cccc3[nH]2)CC1. The number of rotatable bonds is 7.